The van der Waals surface area contributed by atoms with Crippen LogP contribution < -0.4 is 21.3 Å². The molecule has 288 valence electrons. The van der Waals surface area contributed by atoms with Crippen LogP contribution in [0.4, 0.5) is 19.2 Å². The Morgan fingerprint density at radius 3 is 0.843 bits per heavy atom. The van der Waals surface area contributed by atoms with Crippen molar-refractivity contribution in [2.75, 3.05) is 13.1 Å². The van der Waals surface area contributed by atoms with E-state index in [4.69, 9.17) is 18.9 Å². The third-order valence-corrected chi connectivity index (χ3v) is 4.78. The molecule has 2 aliphatic carbocycles. The zero-order valence-corrected chi connectivity index (χ0v) is 34.1. The van der Waals surface area contributed by atoms with Gasteiger partial charge in [-0.2, -0.15) is 0 Å². The number of guanidine groups is 2. The van der Waals surface area contributed by atoms with E-state index in [1.807, 2.05) is 51.4 Å². The molecular formula is C34H54Cl2FeN6O8+2. The van der Waals surface area contributed by atoms with Crippen LogP contribution in [-0.4, -0.2) is 71.8 Å². The number of hydrogen-bond acceptors (Lipinski definition) is 10. The Bertz CT molecular complexity index is 982. The van der Waals surface area contributed by atoms with Gasteiger partial charge in [0.1, 0.15) is 22.4 Å². The molecule has 2 saturated carbocycles. The van der Waals surface area contributed by atoms with Crippen molar-refractivity contribution in [3.63, 3.8) is 0 Å². The summed E-state index contributed by atoms with van der Waals surface area (Å²) in [5.74, 6) is 1.84. The van der Waals surface area contributed by atoms with Crippen molar-refractivity contribution in [2.24, 2.45) is 9.98 Å². The van der Waals surface area contributed by atoms with E-state index >= 15 is 0 Å². The number of nitrogens with zero attached hydrogens (tertiary/aromatic N) is 2. The van der Waals surface area contributed by atoms with Crippen molar-refractivity contribution in [1.82, 2.24) is 21.3 Å². The molecule has 17 heteroatoms. The standard InChI is InChI=1S/2C17H26N3O4.2ClH.Fe/c2*1-16(2,3)23-14(21)19-13(18-11-12-9-7-8-10-12)20-15(22)24-17(4,5)6;;;/h2*7-10H,11H2,1-6H3,(H2,18,19,20,21,22);2*1H;/q;;;;+2. The molecule has 0 heterocycles. The molecule has 0 aromatic carbocycles. The van der Waals surface area contributed by atoms with Crippen molar-refractivity contribution in [2.45, 2.75) is 105 Å². The van der Waals surface area contributed by atoms with Crippen LogP contribution in [0.5, 0.6) is 0 Å². The summed E-state index contributed by atoms with van der Waals surface area (Å²) in [6.07, 6.45) is 12.3. The molecule has 0 bridgehead atoms. The van der Waals surface area contributed by atoms with E-state index in [9.17, 15) is 19.2 Å². The molecule has 0 spiro atoms. The van der Waals surface area contributed by atoms with Gasteiger partial charge < -0.3 is 18.9 Å². The number of amides is 4. The Morgan fingerprint density at radius 2 is 0.667 bits per heavy atom. The van der Waals surface area contributed by atoms with E-state index in [-0.39, 0.29) is 53.8 Å². The van der Waals surface area contributed by atoms with Crippen LogP contribution in [0.1, 0.15) is 83.1 Å². The third-order valence-electron chi connectivity index (χ3n) is 4.78. The van der Waals surface area contributed by atoms with E-state index in [1.54, 1.807) is 83.1 Å². The maximum Gasteiger partial charge on any atom is 2.00 e. The average Bonchev–Trinajstić information content (AvgIpc) is 3.56. The minimum absolute atomic E-state index is 0. The van der Waals surface area contributed by atoms with Crippen LogP contribution in [-0.2, 0) is 36.0 Å². The topological polar surface area (TPSA) is 178 Å². The van der Waals surface area contributed by atoms with Crippen molar-refractivity contribution in [3.8, 4) is 0 Å². The van der Waals surface area contributed by atoms with Crippen molar-refractivity contribution in [1.29, 1.82) is 0 Å². The van der Waals surface area contributed by atoms with E-state index in [0.29, 0.717) is 13.1 Å². The molecule has 0 atom stereocenters. The van der Waals surface area contributed by atoms with Crippen LogP contribution in [0.15, 0.2) is 9.98 Å². The van der Waals surface area contributed by atoms with Gasteiger partial charge in [-0.05, 0) is 134 Å². The van der Waals surface area contributed by atoms with Gasteiger partial charge >= 0.3 is 41.4 Å². The van der Waals surface area contributed by atoms with Crippen LogP contribution in [0.2, 0.25) is 0 Å². The second-order valence-electron chi connectivity index (χ2n) is 14.4. The van der Waals surface area contributed by atoms with Gasteiger partial charge in [0, 0.05) is 24.9 Å². The molecule has 2 rings (SSSR count). The first-order valence-electron chi connectivity index (χ1n) is 15.4. The second kappa shape index (κ2) is 24.0. The summed E-state index contributed by atoms with van der Waals surface area (Å²) >= 11 is 0. The molecular weight excluding hydrogens is 747 g/mol. The molecule has 0 unspecified atom stereocenters. The fourth-order valence-electron chi connectivity index (χ4n) is 3.20. The van der Waals surface area contributed by atoms with Crippen LogP contribution >= 0.6 is 24.8 Å². The molecule has 4 N–H and O–H groups in total. The summed E-state index contributed by atoms with van der Waals surface area (Å²) in [7, 11) is 0. The molecule has 0 aliphatic heterocycles. The normalized spacial score (nSPS) is 14.7. The SMILES string of the molecule is CC(C)(C)OC(=O)NC(=NC[C]1[CH][CH][CH][CH]1)NC(=O)OC(C)(C)C.CC(C)(C)OC(=O)NC(=NC[C]1[CH][CH][CH][CH]1)NC(=O)OC(C)(C)C.Cl.Cl.[Fe+2]. The van der Waals surface area contributed by atoms with Crippen molar-refractivity contribution < 1.29 is 55.2 Å². The Labute approximate surface area is 328 Å². The average molecular weight is 802 g/mol. The maximum atomic E-state index is 11.9. The molecule has 2 aliphatic rings. The molecule has 4 amide bonds. The Kier molecular flexibility index (Phi) is 24.8. The molecule has 0 aromatic heterocycles. The van der Waals surface area contributed by atoms with Gasteiger partial charge in [-0.3, -0.25) is 31.3 Å². The molecule has 14 nitrogen and oxygen atoms in total. The first-order valence-corrected chi connectivity index (χ1v) is 15.4. The van der Waals surface area contributed by atoms with Gasteiger partial charge in [0.05, 0.1) is 0 Å². The number of hydrogen-bond donors (Lipinski definition) is 4. The third kappa shape index (κ3) is 29.8. The first-order chi connectivity index (χ1) is 21.9. The maximum absolute atomic E-state index is 11.9. The predicted octanol–water partition coefficient (Wildman–Crippen LogP) is 6.44. The van der Waals surface area contributed by atoms with Crippen LogP contribution in [0, 0.1) is 63.2 Å². The number of rotatable bonds is 4. The van der Waals surface area contributed by atoms with E-state index in [0.717, 1.165) is 11.8 Å². The molecule has 51 heavy (non-hydrogen) atoms. The van der Waals surface area contributed by atoms with Gasteiger partial charge in [-0.15, -0.1) is 24.8 Å². The second-order valence-corrected chi connectivity index (χ2v) is 14.4. The number of nitrogens with one attached hydrogen (secondary N) is 4. The van der Waals surface area contributed by atoms with E-state index in [2.05, 4.69) is 31.3 Å². The summed E-state index contributed by atoms with van der Waals surface area (Å²) in [5, 5.41) is 9.72. The summed E-state index contributed by atoms with van der Waals surface area (Å²) in [5.41, 5.74) is -2.64. The summed E-state index contributed by atoms with van der Waals surface area (Å²) in [6.45, 7) is 21.5. The first kappa shape index (κ1) is 52.9. The van der Waals surface area contributed by atoms with Crippen molar-refractivity contribution in [3.05, 3.63) is 63.2 Å². The summed E-state index contributed by atoms with van der Waals surface area (Å²) in [4.78, 5) is 56.0. The number of carbonyl (C=O) groups excluding carboxylic acids is 4. The molecule has 10 radical (unpaired) electrons. The summed E-state index contributed by atoms with van der Waals surface area (Å²) in [6, 6.07) is 0. The van der Waals surface area contributed by atoms with Gasteiger partial charge in [0.15, 0.2) is 0 Å². The minimum atomic E-state index is -0.709. The minimum Gasteiger partial charge on any atom is -0.444 e. The molecule has 0 saturated heterocycles. The van der Waals surface area contributed by atoms with Gasteiger partial charge in [0.2, 0.25) is 11.9 Å². The summed E-state index contributed by atoms with van der Waals surface area (Å²) < 4.78 is 20.7. The van der Waals surface area contributed by atoms with Crippen LogP contribution in [0.3, 0.4) is 0 Å². The van der Waals surface area contributed by atoms with Crippen molar-refractivity contribution >= 4 is 61.1 Å². The number of halogens is 2. The van der Waals surface area contributed by atoms with Crippen LogP contribution in [0.25, 0.3) is 0 Å². The Morgan fingerprint density at radius 1 is 0.471 bits per heavy atom. The van der Waals surface area contributed by atoms with Gasteiger partial charge in [0.25, 0.3) is 0 Å². The van der Waals surface area contributed by atoms with Gasteiger partial charge in [-0.1, -0.05) is 0 Å². The number of ether oxygens (including phenoxy) is 4. The Hall–Kier alpha value is -2.48. The number of alkyl carbamates (subject to hydrolysis) is 4. The molecule has 0 aromatic rings. The van der Waals surface area contributed by atoms with E-state index in [1.165, 1.54) is 0 Å². The number of aliphatic imine (C=N–C) groups is 2. The quantitative estimate of drug-likeness (QED) is 0.109. The fourth-order valence-corrected chi connectivity index (χ4v) is 3.20. The smallest absolute Gasteiger partial charge is 0.444 e. The van der Waals surface area contributed by atoms with E-state index < -0.39 is 46.8 Å². The number of carbonyl (C=O) groups is 4. The Balaban J connectivity index is -0.000000853. The predicted molar refractivity (Wildman–Crippen MR) is 197 cm³/mol. The van der Waals surface area contributed by atoms with Gasteiger partial charge in [-0.25, -0.2) is 19.2 Å². The fraction of sp³-hybridized carbons (Fsp3) is 0.529. The largest absolute Gasteiger partial charge is 2.00 e. The monoisotopic (exact) mass is 800 g/mol. The molecule has 2 fully saturated rings. The zero-order valence-electron chi connectivity index (χ0n) is 31.4. The zero-order chi connectivity index (χ0) is 36.8.